The SMILES string of the molecule is C#CCOc1ccc(-c2cccc(-c3ccc(OCC#C)cc3)c2N=CC2(c3ccc(Br)cc3)Cc3cc4c(cc3C2)CC(C=Nc2c(-c3ccc(OCC#C)cc3)cccc2-c2ccc(OCC#C)cc2)(c2ccc(Br)cc2)C4)cc1. The van der Waals surface area contributed by atoms with E-state index in [1.54, 1.807) is 0 Å². The normalized spacial score (nSPS) is 13.5. The Morgan fingerprint density at radius 3 is 0.866 bits per heavy atom. The van der Waals surface area contributed by atoms with Gasteiger partial charge in [0.25, 0.3) is 0 Å². The third kappa shape index (κ3) is 11.8. The lowest BCUT2D eigenvalue weighted by Gasteiger charge is -2.26. The maximum absolute atomic E-state index is 5.77. The van der Waals surface area contributed by atoms with Crippen LogP contribution in [0.1, 0.15) is 33.4 Å². The van der Waals surface area contributed by atoms with Crippen molar-refractivity contribution in [2.45, 2.75) is 36.5 Å². The molecule has 0 spiro atoms. The van der Waals surface area contributed by atoms with E-state index in [0.29, 0.717) is 23.0 Å². The lowest BCUT2D eigenvalue weighted by Crippen LogP contribution is -2.29. The second-order valence-corrected chi connectivity index (χ2v) is 22.2. The van der Waals surface area contributed by atoms with Crippen molar-refractivity contribution in [2.24, 2.45) is 9.98 Å². The highest BCUT2D eigenvalue weighted by Crippen LogP contribution is 2.48. The fraction of sp³-hybridized carbons (Fsp3) is 0.135. The molecular weight excluding hydrogens is 1140 g/mol. The number of halogens is 2. The maximum atomic E-state index is 5.77. The Balaban J connectivity index is 0.983. The third-order valence-electron chi connectivity index (χ3n) is 15.3. The van der Waals surface area contributed by atoms with Gasteiger partial charge in [0.05, 0.1) is 11.4 Å². The second kappa shape index (κ2) is 24.6. The van der Waals surface area contributed by atoms with Crippen LogP contribution in [0.5, 0.6) is 23.0 Å². The molecule has 0 fully saturated rings. The number of ether oxygens (including phenoxy) is 4. The standard InChI is InChI=1S/C74H54Br2N2O4/c1-5-39-79-63-31-15-51(16-32-63)67-11-9-12-68(52-17-33-64(34-18-52)80-40-6-2)71(67)77-49-73(59-23-27-61(75)28-24-59)45-55-43-57-47-74(48-58(57)44-56(55)46-73,60-25-29-62(76)30-26-60)50-78-72-69(53-19-35-65(36-20-53)81-41-7-3)13-10-14-70(72)54-21-37-66(38-22-54)82-42-8-4/h1-4,9-38,43-44,49-50H,39-42,45-48H2. The van der Waals surface area contributed by atoms with E-state index in [4.69, 9.17) is 54.6 Å². The molecule has 6 nitrogen and oxygen atoms in total. The van der Waals surface area contributed by atoms with Crippen molar-refractivity contribution in [2.75, 3.05) is 26.4 Å². The van der Waals surface area contributed by atoms with Gasteiger partial charge in [-0.25, -0.2) is 0 Å². The molecule has 8 heteroatoms. The van der Waals surface area contributed by atoms with Crippen LogP contribution in [0.3, 0.4) is 0 Å². The van der Waals surface area contributed by atoms with Gasteiger partial charge >= 0.3 is 0 Å². The first-order chi connectivity index (χ1) is 40.2. The van der Waals surface area contributed by atoms with Crippen LogP contribution in [0.25, 0.3) is 44.5 Å². The second-order valence-electron chi connectivity index (χ2n) is 20.4. The predicted octanol–water partition coefficient (Wildman–Crippen LogP) is 16.8. The van der Waals surface area contributed by atoms with Gasteiger partial charge < -0.3 is 18.9 Å². The molecule has 2 aliphatic rings. The van der Waals surface area contributed by atoms with Crippen LogP contribution in [0.15, 0.2) is 213 Å². The van der Waals surface area contributed by atoms with Gasteiger partial charge in [0, 0.05) is 54.5 Å². The van der Waals surface area contributed by atoms with Crippen molar-refractivity contribution < 1.29 is 18.9 Å². The zero-order valence-corrected chi connectivity index (χ0v) is 48.1. The molecule has 2 aliphatic carbocycles. The Kier molecular flexibility index (Phi) is 16.4. The first kappa shape index (κ1) is 54.7. The van der Waals surface area contributed by atoms with E-state index >= 15 is 0 Å². The minimum atomic E-state index is -0.468. The highest BCUT2D eigenvalue weighted by atomic mass is 79.9. The monoisotopic (exact) mass is 1190 g/mol. The van der Waals surface area contributed by atoms with Gasteiger partial charge in [-0.2, -0.15) is 0 Å². The third-order valence-corrected chi connectivity index (χ3v) is 16.3. The zero-order chi connectivity index (χ0) is 56.5. The fourth-order valence-electron chi connectivity index (χ4n) is 11.3. The van der Waals surface area contributed by atoms with E-state index in [-0.39, 0.29) is 26.4 Å². The lowest BCUT2D eigenvalue weighted by molar-refractivity contribution is 0.370. The molecule has 9 aromatic rings. The van der Waals surface area contributed by atoms with Crippen LogP contribution in [-0.2, 0) is 36.5 Å². The highest BCUT2D eigenvalue weighted by molar-refractivity contribution is 9.10. The van der Waals surface area contributed by atoms with Crippen molar-refractivity contribution in [3.05, 3.63) is 236 Å². The van der Waals surface area contributed by atoms with E-state index in [2.05, 4.69) is 214 Å². The molecule has 11 rings (SSSR count). The van der Waals surface area contributed by atoms with Crippen LogP contribution in [-0.4, -0.2) is 38.9 Å². The Bertz CT molecular complexity index is 3570. The molecule has 0 radical (unpaired) electrons. The molecule has 398 valence electrons. The number of para-hydroxylation sites is 2. The average Bonchev–Trinajstić information content (AvgIpc) is 4.30. The summed E-state index contributed by atoms with van der Waals surface area (Å²) in [4.78, 5) is 11.3. The van der Waals surface area contributed by atoms with Crippen LogP contribution in [0.2, 0.25) is 0 Å². The summed E-state index contributed by atoms with van der Waals surface area (Å²) in [6.45, 7) is 0.762. The van der Waals surface area contributed by atoms with E-state index in [9.17, 15) is 0 Å². The van der Waals surface area contributed by atoms with Crippen molar-refractivity contribution in [1.29, 1.82) is 0 Å². The van der Waals surface area contributed by atoms with Crippen LogP contribution in [0.4, 0.5) is 11.4 Å². The average molecular weight is 1200 g/mol. The van der Waals surface area contributed by atoms with Gasteiger partial charge in [0.15, 0.2) is 0 Å². The molecule has 82 heavy (non-hydrogen) atoms. The Morgan fingerprint density at radius 1 is 0.366 bits per heavy atom. The fourth-order valence-corrected chi connectivity index (χ4v) is 11.9. The number of hydrogen-bond acceptors (Lipinski definition) is 6. The molecule has 0 N–H and O–H groups in total. The van der Waals surface area contributed by atoms with Gasteiger partial charge in [-0.15, -0.1) is 25.7 Å². The lowest BCUT2D eigenvalue weighted by atomic mass is 9.78. The molecule has 0 saturated heterocycles. The molecule has 0 amide bonds. The number of nitrogens with zero attached hydrogens (tertiary/aromatic N) is 2. The minimum Gasteiger partial charge on any atom is -0.481 e. The summed E-state index contributed by atoms with van der Waals surface area (Å²) in [6, 6.07) is 67.2. The van der Waals surface area contributed by atoms with E-state index < -0.39 is 10.8 Å². The van der Waals surface area contributed by atoms with Crippen molar-refractivity contribution in [3.63, 3.8) is 0 Å². The molecule has 0 aliphatic heterocycles. The maximum Gasteiger partial charge on any atom is 0.148 e. The molecule has 0 unspecified atom stereocenters. The summed E-state index contributed by atoms with van der Waals surface area (Å²) in [5, 5.41) is 0. The summed E-state index contributed by atoms with van der Waals surface area (Å²) >= 11 is 7.46. The largest absolute Gasteiger partial charge is 0.481 e. The van der Waals surface area contributed by atoms with E-state index in [0.717, 1.165) is 90.5 Å². The van der Waals surface area contributed by atoms with Crippen LogP contribution >= 0.6 is 31.9 Å². The van der Waals surface area contributed by atoms with E-state index in [1.165, 1.54) is 33.4 Å². The topological polar surface area (TPSA) is 61.6 Å². The summed E-state index contributed by atoms with van der Waals surface area (Å²) < 4.78 is 25.1. The summed E-state index contributed by atoms with van der Waals surface area (Å²) in [5.74, 6) is 13.0. The van der Waals surface area contributed by atoms with Crippen molar-refractivity contribution >= 4 is 55.7 Å². The van der Waals surface area contributed by atoms with Gasteiger partial charge in [-0.3, -0.25) is 9.98 Å². The quantitative estimate of drug-likeness (QED) is 0.0634. The first-order valence-electron chi connectivity index (χ1n) is 26.9. The van der Waals surface area contributed by atoms with Gasteiger partial charge in [0.2, 0.25) is 0 Å². The summed E-state index contributed by atoms with van der Waals surface area (Å²) in [5.41, 5.74) is 16.3. The number of rotatable bonds is 18. The molecule has 9 aromatic carbocycles. The molecule has 0 heterocycles. The number of terminal acetylenes is 4. The van der Waals surface area contributed by atoms with Crippen molar-refractivity contribution in [3.8, 4) is 117 Å². The molecule has 0 aromatic heterocycles. The number of hydrogen-bond donors (Lipinski definition) is 0. The van der Waals surface area contributed by atoms with Gasteiger partial charge in [-0.05, 0) is 154 Å². The molecule has 0 saturated carbocycles. The van der Waals surface area contributed by atoms with Gasteiger partial charge in [-0.1, -0.05) is 177 Å². The molecule has 0 atom stereocenters. The van der Waals surface area contributed by atoms with Crippen molar-refractivity contribution in [1.82, 2.24) is 0 Å². The Labute approximate surface area is 497 Å². The summed E-state index contributed by atoms with van der Waals surface area (Å²) in [7, 11) is 0. The van der Waals surface area contributed by atoms with Gasteiger partial charge in [0.1, 0.15) is 49.4 Å². The number of fused-ring (bicyclic) bond motifs is 2. The number of benzene rings is 9. The molecular formula is C74H54Br2N2O4. The number of aliphatic imine (C=N–C) groups is 2. The zero-order valence-electron chi connectivity index (χ0n) is 44.9. The Hall–Kier alpha value is -9.28. The molecule has 0 bridgehead atoms. The van der Waals surface area contributed by atoms with Crippen LogP contribution < -0.4 is 18.9 Å². The van der Waals surface area contributed by atoms with Crippen LogP contribution in [0, 0.1) is 49.4 Å². The van der Waals surface area contributed by atoms with E-state index in [1.807, 2.05) is 48.5 Å². The smallest absolute Gasteiger partial charge is 0.148 e. The minimum absolute atomic E-state index is 0.190. The highest BCUT2D eigenvalue weighted by Gasteiger charge is 2.43. The predicted molar refractivity (Wildman–Crippen MR) is 341 cm³/mol. The Morgan fingerprint density at radius 2 is 0.622 bits per heavy atom. The summed E-state index contributed by atoms with van der Waals surface area (Å²) in [6.07, 6.45) is 29.5. The first-order valence-corrected chi connectivity index (χ1v) is 28.4.